The maximum Gasteiger partial charge on any atom is 0.266 e. The highest BCUT2D eigenvalue weighted by molar-refractivity contribution is 5.84. The molecular formula is C26H25N3O4. The lowest BCUT2D eigenvalue weighted by Crippen LogP contribution is -2.33. The average Bonchev–Trinajstić information content (AvgIpc) is 2.84. The van der Waals surface area contributed by atoms with Gasteiger partial charge in [-0.25, -0.2) is 4.98 Å². The molecule has 0 fully saturated rings. The summed E-state index contributed by atoms with van der Waals surface area (Å²) in [5, 5.41) is 0.584. The zero-order chi connectivity index (χ0) is 22.9. The molecule has 0 saturated heterocycles. The molecule has 0 radical (unpaired) electrons. The van der Waals surface area contributed by atoms with Crippen LogP contribution in [0.2, 0.25) is 0 Å². The Kier molecular flexibility index (Phi) is 5.48. The van der Waals surface area contributed by atoms with Crippen molar-refractivity contribution in [1.29, 1.82) is 0 Å². The van der Waals surface area contributed by atoms with Gasteiger partial charge in [-0.2, -0.15) is 0 Å². The molecule has 168 valence electrons. The van der Waals surface area contributed by atoms with Crippen LogP contribution in [0.15, 0.2) is 65.5 Å². The van der Waals surface area contributed by atoms with Crippen molar-refractivity contribution in [3.05, 3.63) is 88.0 Å². The first kappa shape index (κ1) is 21.0. The topological polar surface area (TPSA) is 65.8 Å². The smallest absolute Gasteiger partial charge is 0.266 e. The molecule has 1 aromatic heterocycles. The Morgan fingerprint density at radius 1 is 1.00 bits per heavy atom. The first-order valence-electron chi connectivity index (χ1n) is 10.7. The van der Waals surface area contributed by atoms with E-state index >= 15 is 0 Å². The van der Waals surface area contributed by atoms with Gasteiger partial charge in [-0.15, -0.1) is 0 Å². The largest absolute Gasteiger partial charge is 0.497 e. The number of nitrogens with zero attached hydrogens (tertiary/aromatic N) is 3. The van der Waals surface area contributed by atoms with Crippen molar-refractivity contribution in [2.45, 2.75) is 20.0 Å². The summed E-state index contributed by atoms with van der Waals surface area (Å²) in [6, 6.07) is 19.2. The molecule has 0 unspecified atom stereocenters. The van der Waals surface area contributed by atoms with E-state index in [2.05, 4.69) is 4.90 Å². The van der Waals surface area contributed by atoms with Gasteiger partial charge in [-0.05, 0) is 48.9 Å². The van der Waals surface area contributed by atoms with Crippen LogP contribution >= 0.6 is 0 Å². The minimum Gasteiger partial charge on any atom is -0.497 e. The van der Waals surface area contributed by atoms with Crippen LogP contribution in [-0.4, -0.2) is 35.4 Å². The SMILES string of the molecule is COc1ccc(CN2COc3ccc4nc(C)n(-c5cccc(OC)c5)c(=O)c4c3C2)cc1. The highest BCUT2D eigenvalue weighted by Crippen LogP contribution is 2.31. The van der Waals surface area contributed by atoms with E-state index in [1.807, 2.05) is 67.6 Å². The van der Waals surface area contributed by atoms with E-state index in [4.69, 9.17) is 19.2 Å². The van der Waals surface area contributed by atoms with Crippen molar-refractivity contribution in [2.75, 3.05) is 21.0 Å². The van der Waals surface area contributed by atoms with Crippen LogP contribution in [-0.2, 0) is 13.1 Å². The van der Waals surface area contributed by atoms with Crippen LogP contribution in [0.4, 0.5) is 0 Å². The minimum atomic E-state index is -0.113. The third-order valence-electron chi connectivity index (χ3n) is 5.93. The molecular weight excluding hydrogens is 418 g/mol. The van der Waals surface area contributed by atoms with Gasteiger partial charge < -0.3 is 14.2 Å². The van der Waals surface area contributed by atoms with Crippen LogP contribution in [0.1, 0.15) is 17.0 Å². The Labute approximate surface area is 191 Å². The monoisotopic (exact) mass is 443 g/mol. The summed E-state index contributed by atoms with van der Waals surface area (Å²) in [5.74, 6) is 2.86. The zero-order valence-electron chi connectivity index (χ0n) is 18.9. The lowest BCUT2D eigenvalue weighted by molar-refractivity contribution is 0.0896. The molecule has 0 bridgehead atoms. The molecule has 0 aliphatic carbocycles. The summed E-state index contributed by atoms with van der Waals surface area (Å²) in [6.07, 6.45) is 0. The predicted octanol–water partition coefficient (Wildman–Crippen LogP) is 4.06. The first-order chi connectivity index (χ1) is 16.1. The fourth-order valence-electron chi connectivity index (χ4n) is 4.30. The van der Waals surface area contributed by atoms with Gasteiger partial charge >= 0.3 is 0 Å². The van der Waals surface area contributed by atoms with E-state index in [0.717, 1.165) is 28.3 Å². The standard InChI is InChI=1S/C26H25N3O4/c1-17-27-23-11-12-24-22(15-28(16-33-24)14-18-7-9-20(31-2)10-8-18)25(23)26(30)29(17)19-5-4-6-21(13-19)32-3/h4-13H,14-16H2,1-3H3. The quantitative estimate of drug-likeness (QED) is 0.463. The van der Waals surface area contributed by atoms with Crippen LogP contribution in [0.25, 0.3) is 16.6 Å². The number of fused-ring (bicyclic) bond motifs is 3. The number of methoxy groups -OCH3 is 2. The number of ether oxygens (including phenoxy) is 3. The van der Waals surface area contributed by atoms with Gasteiger partial charge in [0.15, 0.2) is 0 Å². The number of hydrogen-bond acceptors (Lipinski definition) is 6. The lowest BCUT2D eigenvalue weighted by atomic mass is 10.1. The number of aryl methyl sites for hydroxylation is 1. The Morgan fingerprint density at radius 2 is 1.79 bits per heavy atom. The highest BCUT2D eigenvalue weighted by Gasteiger charge is 2.23. The van der Waals surface area contributed by atoms with Gasteiger partial charge in [-0.1, -0.05) is 18.2 Å². The molecule has 0 saturated carbocycles. The summed E-state index contributed by atoms with van der Waals surface area (Å²) >= 11 is 0. The molecule has 2 heterocycles. The maximum atomic E-state index is 13.8. The Balaban J connectivity index is 1.56. The first-order valence-corrected chi connectivity index (χ1v) is 10.7. The zero-order valence-corrected chi connectivity index (χ0v) is 18.9. The van der Waals surface area contributed by atoms with Gasteiger partial charge in [0.1, 0.15) is 29.8 Å². The number of aromatic nitrogens is 2. The Bertz CT molecular complexity index is 1380. The molecule has 3 aromatic carbocycles. The van der Waals surface area contributed by atoms with Gasteiger partial charge in [0.25, 0.3) is 5.56 Å². The summed E-state index contributed by atoms with van der Waals surface area (Å²) in [7, 11) is 3.27. The van der Waals surface area contributed by atoms with Crippen LogP contribution in [0.5, 0.6) is 17.2 Å². The van der Waals surface area contributed by atoms with E-state index in [1.165, 1.54) is 0 Å². The van der Waals surface area contributed by atoms with Crippen LogP contribution in [0.3, 0.4) is 0 Å². The second kappa shape index (κ2) is 8.60. The van der Waals surface area contributed by atoms with Crippen molar-refractivity contribution < 1.29 is 14.2 Å². The summed E-state index contributed by atoms with van der Waals surface area (Å²) < 4.78 is 18.3. The molecule has 4 aromatic rings. The average molecular weight is 444 g/mol. The van der Waals surface area contributed by atoms with Crippen molar-refractivity contribution in [1.82, 2.24) is 14.5 Å². The Morgan fingerprint density at radius 3 is 2.55 bits per heavy atom. The van der Waals surface area contributed by atoms with E-state index in [1.54, 1.807) is 18.8 Å². The summed E-state index contributed by atoms with van der Waals surface area (Å²) in [5.41, 5.74) is 3.28. The molecule has 0 N–H and O–H groups in total. The molecule has 33 heavy (non-hydrogen) atoms. The number of rotatable bonds is 5. The second-order valence-corrected chi connectivity index (χ2v) is 8.05. The third-order valence-corrected chi connectivity index (χ3v) is 5.93. The van der Waals surface area contributed by atoms with E-state index in [9.17, 15) is 4.79 Å². The fraction of sp³-hybridized carbons (Fsp3) is 0.231. The normalized spacial score (nSPS) is 13.4. The molecule has 7 heteroatoms. The number of benzene rings is 3. The second-order valence-electron chi connectivity index (χ2n) is 8.05. The molecule has 0 amide bonds. The highest BCUT2D eigenvalue weighted by atomic mass is 16.5. The molecule has 1 aliphatic rings. The Hall–Kier alpha value is -3.84. The van der Waals surface area contributed by atoms with Crippen LogP contribution < -0.4 is 19.8 Å². The van der Waals surface area contributed by atoms with E-state index in [0.29, 0.717) is 42.3 Å². The predicted molar refractivity (Wildman–Crippen MR) is 126 cm³/mol. The summed E-state index contributed by atoms with van der Waals surface area (Å²) in [6.45, 7) is 3.58. The molecule has 5 rings (SSSR count). The van der Waals surface area contributed by atoms with Gasteiger partial charge in [0.05, 0.1) is 30.8 Å². The van der Waals surface area contributed by atoms with Crippen molar-refractivity contribution in [3.8, 4) is 22.9 Å². The molecule has 0 spiro atoms. The fourth-order valence-corrected chi connectivity index (χ4v) is 4.30. The maximum absolute atomic E-state index is 13.8. The summed E-state index contributed by atoms with van der Waals surface area (Å²) in [4.78, 5) is 20.7. The van der Waals surface area contributed by atoms with Crippen LogP contribution in [0, 0.1) is 6.92 Å². The minimum absolute atomic E-state index is 0.113. The van der Waals surface area contributed by atoms with Gasteiger partial charge in [0.2, 0.25) is 0 Å². The van der Waals surface area contributed by atoms with E-state index < -0.39 is 0 Å². The molecule has 0 atom stereocenters. The van der Waals surface area contributed by atoms with Gasteiger partial charge in [0, 0.05) is 24.7 Å². The molecule has 1 aliphatic heterocycles. The van der Waals surface area contributed by atoms with Crippen molar-refractivity contribution >= 4 is 10.9 Å². The molecule has 7 nitrogen and oxygen atoms in total. The number of hydrogen-bond donors (Lipinski definition) is 0. The van der Waals surface area contributed by atoms with Gasteiger partial charge in [-0.3, -0.25) is 14.3 Å². The third kappa shape index (κ3) is 3.91. The van der Waals surface area contributed by atoms with Crippen molar-refractivity contribution in [2.24, 2.45) is 0 Å². The lowest BCUT2D eigenvalue weighted by Gasteiger charge is -2.29. The van der Waals surface area contributed by atoms with E-state index in [-0.39, 0.29) is 5.56 Å². The van der Waals surface area contributed by atoms with Crippen molar-refractivity contribution in [3.63, 3.8) is 0 Å².